The van der Waals surface area contributed by atoms with Gasteiger partial charge in [0.05, 0.1) is 12.9 Å². The third-order valence-electron chi connectivity index (χ3n) is 4.67. The lowest BCUT2D eigenvalue weighted by Crippen LogP contribution is -2.43. The number of Topliss-reactive ketones (excluding diaryl/α,β-unsaturated/α-hetero) is 1. The Bertz CT molecular complexity index is 1100. The van der Waals surface area contributed by atoms with Crippen LogP contribution in [-0.2, 0) is 6.54 Å². The molecule has 1 heterocycles. The predicted molar refractivity (Wildman–Crippen MR) is 108 cm³/mol. The lowest BCUT2D eigenvalue weighted by molar-refractivity contribution is 0.0848. The summed E-state index contributed by atoms with van der Waals surface area (Å²) < 4.78 is 1.79. The van der Waals surface area contributed by atoms with Crippen molar-refractivity contribution in [3.8, 4) is 0 Å². The topological polar surface area (TPSA) is 64.0 Å². The van der Waals surface area contributed by atoms with Crippen LogP contribution in [0.25, 0.3) is 10.8 Å². The van der Waals surface area contributed by atoms with E-state index in [0.29, 0.717) is 17.7 Å². The van der Waals surface area contributed by atoms with Crippen molar-refractivity contribution in [3.05, 3.63) is 103 Å². The van der Waals surface area contributed by atoms with Crippen LogP contribution in [0.1, 0.15) is 20.7 Å². The first-order chi connectivity index (χ1) is 13.7. The first-order valence-corrected chi connectivity index (χ1v) is 9.06. The molecule has 1 unspecified atom stereocenters. The molecule has 0 spiro atoms. The number of aromatic nitrogens is 2. The first kappa shape index (κ1) is 17.7. The molecule has 0 fully saturated rings. The Morgan fingerprint density at radius 2 is 1.68 bits per heavy atom. The van der Waals surface area contributed by atoms with E-state index in [0.717, 1.165) is 10.8 Å². The first-order valence-electron chi connectivity index (χ1n) is 9.06. The van der Waals surface area contributed by atoms with Gasteiger partial charge in [-0.25, -0.2) is 4.98 Å². The van der Waals surface area contributed by atoms with Gasteiger partial charge in [-0.05, 0) is 16.8 Å². The molecular weight excluding hydrogens is 350 g/mol. The molecule has 5 nitrogen and oxygen atoms in total. The van der Waals surface area contributed by atoms with Crippen LogP contribution in [0.5, 0.6) is 0 Å². The Labute approximate surface area is 162 Å². The van der Waals surface area contributed by atoms with Crippen LogP contribution in [0, 0.1) is 0 Å². The van der Waals surface area contributed by atoms with Gasteiger partial charge in [-0.1, -0.05) is 66.7 Å². The van der Waals surface area contributed by atoms with Gasteiger partial charge in [0.15, 0.2) is 5.78 Å². The van der Waals surface area contributed by atoms with Gasteiger partial charge in [0, 0.05) is 23.5 Å². The van der Waals surface area contributed by atoms with Crippen molar-refractivity contribution in [2.75, 3.05) is 0 Å². The number of carbonyl (C=O) groups excluding carboxylic acids is 2. The molecule has 5 heteroatoms. The normalized spacial score (nSPS) is 11.9. The predicted octanol–water partition coefficient (Wildman–Crippen LogP) is 3.72. The van der Waals surface area contributed by atoms with Gasteiger partial charge in [0.25, 0.3) is 5.91 Å². The Hall–Kier alpha value is -3.73. The number of imidazole rings is 1. The highest BCUT2D eigenvalue weighted by Crippen LogP contribution is 2.19. The summed E-state index contributed by atoms with van der Waals surface area (Å²) in [6.07, 6.45) is 5.06. The average Bonchev–Trinajstić information content (AvgIpc) is 3.26. The van der Waals surface area contributed by atoms with Crippen molar-refractivity contribution in [1.82, 2.24) is 14.9 Å². The molecule has 28 heavy (non-hydrogen) atoms. The summed E-state index contributed by atoms with van der Waals surface area (Å²) in [5.41, 5.74) is 1.11. The van der Waals surface area contributed by atoms with Gasteiger partial charge >= 0.3 is 0 Å². The smallest absolute Gasteiger partial charge is 0.252 e. The van der Waals surface area contributed by atoms with E-state index < -0.39 is 6.04 Å². The van der Waals surface area contributed by atoms with Crippen molar-refractivity contribution in [2.24, 2.45) is 0 Å². The van der Waals surface area contributed by atoms with Crippen LogP contribution in [0.2, 0.25) is 0 Å². The SMILES string of the molecule is O=C(NC(Cn1ccnc1)C(=O)c1ccccc1)c1cccc2ccccc12. The van der Waals surface area contributed by atoms with E-state index in [-0.39, 0.29) is 11.7 Å². The van der Waals surface area contributed by atoms with E-state index in [2.05, 4.69) is 10.3 Å². The highest BCUT2D eigenvalue weighted by molar-refractivity contribution is 6.09. The van der Waals surface area contributed by atoms with Crippen molar-refractivity contribution in [2.45, 2.75) is 12.6 Å². The number of hydrogen-bond acceptors (Lipinski definition) is 3. The van der Waals surface area contributed by atoms with Gasteiger partial charge in [-0.15, -0.1) is 0 Å². The Balaban J connectivity index is 1.64. The van der Waals surface area contributed by atoms with Crippen molar-refractivity contribution in [1.29, 1.82) is 0 Å². The summed E-state index contributed by atoms with van der Waals surface area (Å²) in [5.74, 6) is -0.408. The number of hydrogen-bond donors (Lipinski definition) is 1. The molecule has 0 radical (unpaired) electrons. The van der Waals surface area contributed by atoms with Gasteiger partial charge in [0.1, 0.15) is 6.04 Å². The molecule has 4 rings (SSSR count). The largest absolute Gasteiger partial charge is 0.340 e. The molecular formula is C23H19N3O2. The van der Waals surface area contributed by atoms with Gasteiger partial charge < -0.3 is 9.88 Å². The standard InChI is InChI=1S/C23H19N3O2/c27-22(18-8-2-1-3-9-18)21(15-26-14-13-24-16-26)25-23(28)20-12-6-10-17-7-4-5-11-19(17)20/h1-14,16,21H,15H2,(H,25,28). The molecule has 1 N–H and O–H groups in total. The Kier molecular flexibility index (Phi) is 4.97. The lowest BCUT2D eigenvalue weighted by atomic mass is 10.0. The average molecular weight is 369 g/mol. The third-order valence-corrected chi connectivity index (χ3v) is 4.67. The van der Waals surface area contributed by atoms with Crippen LogP contribution in [0.3, 0.4) is 0 Å². The summed E-state index contributed by atoms with van der Waals surface area (Å²) in [4.78, 5) is 30.1. The maximum atomic E-state index is 13.1. The zero-order valence-electron chi connectivity index (χ0n) is 15.2. The molecule has 0 aliphatic rings. The van der Waals surface area contributed by atoms with E-state index in [1.54, 1.807) is 41.5 Å². The van der Waals surface area contributed by atoms with Crippen LogP contribution in [-0.4, -0.2) is 27.3 Å². The lowest BCUT2D eigenvalue weighted by Gasteiger charge is -2.19. The van der Waals surface area contributed by atoms with E-state index in [4.69, 9.17) is 0 Å². The highest BCUT2D eigenvalue weighted by atomic mass is 16.2. The van der Waals surface area contributed by atoms with Crippen LogP contribution in [0.4, 0.5) is 0 Å². The van der Waals surface area contributed by atoms with Crippen LogP contribution < -0.4 is 5.32 Å². The number of nitrogens with one attached hydrogen (secondary N) is 1. The number of carbonyl (C=O) groups is 2. The molecule has 1 atom stereocenters. The second kappa shape index (κ2) is 7.88. The van der Waals surface area contributed by atoms with E-state index in [1.807, 2.05) is 54.6 Å². The van der Waals surface area contributed by atoms with Crippen LogP contribution >= 0.6 is 0 Å². The molecule has 4 aromatic rings. The van der Waals surface area contributed by atoms with Crippen molar-refractivity contribution < 1.29 is 9.59 Å². The van der Waals surface area contributed by atoms with E-state index in [1.165, 1.54) is 0 Å². The quantitative estimate of drug-likeness (QED) is 0.527. The summed E-state index contributed by atoms with van der Waals surface area (Å²) >= 11 is 0. The summed E-state index contributed by atoms with van der Waals surface area (Å²) in [6.45, 7) is 0.310. The van der Waals surface area contributed by atoms with E-state index >= 15 is 0 Å². The van der Waals surface area contributed by atoms with Gasteiger partial charge in [-0.2, -0.15) is 0 Å². The number of rotatable bonds is 6. The van der Waals surface area contributed by atoms with Crippen molar-refractivity contribution >= 4 is 22.5 Å². The zero-order chi connectivity index (χ0) is 19.3. The Morgan fingerprint density at radius 1 is 0.929 bits per heavy atom. The molecule has 1 amide bonds. The van der Waals surface area contributed by atoms with Gasteiger partial charge in [0.2, 0.25) is 0 Å². The highest BCUT2D eigenvalue weighted by Gasteiger charge is 2.23. The number of nitrogens with zero attached hydrogens (tertiary/aromatic N) is 2. The molecule has 1 aromatic heterocycles. The molecule has 0 saturated heterocycles. The summed E-state index contributed by atoms with van der Waals surface area (Å²) in [7, 11) is 0. The number of benzene rings is 3. The van der Waals surface area contributed by atoms with E-state index in [9.17, 15) is 9.59 Å². The van der Waals surface area contributed by atoms with Crippen LogP contribution in [0.15, 0.2) is 91.5 Å². The fourth-order valence-corrected chi connectivity index (χ4v) is 3.26. The molecule has 0 saturated carbocycles. The second-order valence-corrected chi connectivity index (χ2v) is 6.54. The third kappa shape index (κ3) is 3.69. The molecule has 0 aliphatic heterocycles. The number of ketones is 1. The molecule has 0 bridgehead atoms. The maximum absolute atomic E-state index is 13.1. The molecule has 3 aromatic carbocycles. The van der Waals surface area contributed by atoms with Gasteiger partial charge in [-0.3, -0.25) is 9.59 Å². The minimum atomic E-state index is -0.705. The minimum absolute atomic E-state index is 0.136. The summed E-state index contributed by atoms with van der Waals surface area (Å²) in [5, 5.41) is 4.76. The number of amides is 1. The monoisotopic (exact) mass is 369 g/mol. The maximum Gasteiger partial charge on any atom is 0.252 e. The molecule has 0 aliphatic carbocycles. The molecule has 138 valence electrons. The zero-order valence-corrected chi connectivity index (χ0v) is 15.2. The second-order valence-electron chi connectivity index (χ2n) is 6.54. The summed E-state index contributed by atoms with van der Waals surface area (Å²) in [6, 6.07) is 21.6. The fourth-order valence-electron chi connectivity index (χ4n) is 3.26. The Morgan fingerprint density at radius 3 is 2.46 bits per heavy atom. The minimum Gasteiger partial charge on any atom is -0.340 e. The fraction of sp³-hybridized carbons (Fsp3) is 0.0870. The van der Waals surface area contributed by atoms with Crippen molar-refractivity contribution in [3.63, 3.8) is 0 Å². The number of fused-ring (bicyclic) bond motifs is 1.